The van der Waals surface area contributed by atoms with Crippen LogP contribution in [0.25, 0.3) is 0 Å². The van der Waals surface area contributed by atoms with E-state index in [0.717, 1.165) is 17.7 Å². The van der Waals surface area contributed by atoms with E-state index < -0.39 is 0 Å². The van der Waals surface area contributed by atoms with E-state index in [0.29, 0.717) is 6.79 Å². The first-order valence-corrected chi connectivity index (χ1v) is 8.71. The molecule has 2 aliphatic rings. The molecule has 0 N–H and O–H groups in total. The van der Waals surface area contributed by atoms with Crippen molar-refractivity contribution in [3.8, 4) is 5.75 Å². The zero-order valence-electron chi connectivity index (χ0n) is 14.2. The van der Waals surface area contributed by atoms with Crippen molar-refractivity contribution in [1.29, 1.82) is 0 Å². The molecule has 22 heavy (non-hydrogen) atoms. The molecule has 1 aliphatic carbocycles. The number of hydrogen-bond donors (Lipinski definition) is 0. The van der Waals surface area contributed by atoms with Crippen LogP contribution in [-0.4, -0.2) is 37.9 Å². The normalized spacial score (nSPS) is 24.7. The van der Waals surface area contributed by atoms with Gasteiger partial charge >= 0.3 is 0 Å². The smallest absolute Gasteiger partial charge is 0.188 e. The summed E-state index contributed by atoms with van der Waals surface area (Å²) in [7, 11) is 1.69. The van der Waals surface area contributed by atoms with Crippen LogP contribution in [0.2, 0.25) is 0 Å². The minimum Gasteiger partial charge on any atom is -0.467 e. The van der Waals surface area contributed by atoms with Gasteiger partial charge in [-0.25, -0.2) is 0 Å². The van der Waals surface area contributed by atoms with E-state index in [9.17, 15) is 0 Å². The highest BCUT2D eigenvalue weighted by Gasteiger charge is 2.36. The van der Waals surface area contributed by atoms with Gasteiger partial charge in [0.2, 0.25) is 0 Å². The first kappa shape index (κ1) is 15.8. The van der Waals surface area contributed by atoms with Crippen LogP contribution in [0.3, 0.4) is 0 Å². The average molecular weight is 303 g/mol. The number of aryl methyl sites for hydroxylation is 1. The van der Waals surface area contributed by atoms with E-state index in [1.807, 2.05) is 0 Å². The fourth-order valence-electron chi connectivity index (χ4n) is 4.32. The molecule has 1 aromatic carbocycles. The van der Waals surface area contributed by atoms with Crippen LogP contribution in [0.5, 0.6) is 5.75 Å². The highest BCUT2D eigenvalue weighted by atomic mass is 16.7. The molecule has 1 saturated heterocycles. The van der Waals surface area contributed by atoms with Crippen molar-refractivity contribution in [2.75, 3.05) is 27.0 Å². The maximum absolute atomic E-state index is 5.90. The van der Waals surface area contributed by atoms with Gasteiger partial charge in [0, 0.05) is 13.2 Å². The molecular formula is C19H29NO2. The van der Waals surface area contributed by atoms with Crippen molar-refractivity contribution in [2.45, 2.75) is 52.0 Å². The molecule has 1 aliphatic heterocycles. The number of ether oxygens (including phenoxy) is 2. The lowest BCUT2D eigenvalue weighted by Crippen LogP contribution is -2.49. The molecule has 0 spiro atoms. The van der Waals surface area contributed by atoms with Crippen molar-refractivity contribution in [3.63, 3.8) is 0 Å². The van der Waals surface area contributed by atoms with Gasteiger partial charge in [0.25, 0.3) is 0 Å². The molecule has 3 rings (SSSR count). The first-order valence-electron chi connectivity index (χ1n) is 8.71. The molecule has 0 saturated carbocycles. The van der Waals surface area contributed by atoms with Gasteiger partial charge in [-0.3, -0.25) is 4.90 Å². The highest BCUT2D eigenvalue weighted by Crippen LogP contribution is 2.40. The quantitative estimate of drug-likeness (QED) is 0.776. The van der Waals surface area contributed by atoms with Gasteiger partial charge in [-0.15, -0.1) is 0 Å². The van der Waals surface area contributed by atoms with Crippen molar-refractivity contribution in [1.82, 2.24) is 4.90 Å². The molecule has 2 atom stereocenters. The Bertz CT molecular complexity index is 512. The predicted octanol–water partition coefficient (Wildman–Crippen LogP) is 3.57. The Kier molecular flexibility index (Phi) is 5.04. The zero-order chi connectivity index (χ0) is 15.5. The van der Waals surface area contributed by atoms with Gasteiger partial charge in [0.15, 0.2) is 6.79 Å². The van der Waals surface area contributed by atoms with Crippen molar-refractivity contribution in [2.24, 2.45) is 5.92 Å². The Morgan fingerprint density at radius 2 is 2.14 bits per heavy atom. The molecule has 1 fully saturated rings. The number of nitrogens with zero attached hydrogens (tertiary/aromatic N) is 1. The summed E-state index contributed by atoms with van der Waals surface area (Å²) >= 11 is 0. The predicted molar refractivity (Wildman–Crippen MR) is 89.5 cm³/mol. The lowest BCUT2D eigenvalue weighted by molar-refractivity contribution is 0.0476. The van der Waals surface area contributed by atoms with E-state index in [2.05, 4.69) is 30.9 Å². The maximum Gasteiger partial charge on any atom is 0.188 e. The number of piperidine rings is 1. The third kappa shape index (κ3) is 3.02. The molecule has 0 aromatic heterocycles. The summed E-state index contributed by atoms with van der Waals surface area (Å²) < 4.78 is 11.0. The standard InChI is InChI=1S/C19H29NO2/c1-4-9-20-10-5-6-16-11-17-15(12-18(16)20)8-7-14(2)19(17)22-13-21-3/h7-8,16,18H,4-6,9-13H2,1-3H3/t16-,18-/m1/s1. The van der Waals surface area contributed by atoms with Crippen LogP contribution in [0, 0.1) is 12.8 Å². The van der Waals surface area contributed by atoms with Crippen molar-refractivity contribution < 1.29 is 9.47 Å². The van der Waals surface area contributed by atoms with Crippen molar-refractivity contribution >= 4 is 0 Å². The van der Waals surface area contributed by atoms with E-state index >= 15 is 0 Å². The van der Waals surface area contributed by atoms with Crippen LogP contribution in [-0.2, 0) is 17.6 Å². The molecule has 1 aromatic rings. The number of likely N-dealkylation sites (tertiary alicyclic amines) is 1. The molecule has 3 heteroatoms. The summed E-state index contributed by atoms with van der Waals surface area (Å²) in [6.45, 7) is 7.30. The topological polar surface area (TPSA) is 21.7 Å². The summed E-state index contributed by atoms with van der Waals surface area (Å²) in [5.74, 6) is 1.87. The van der Waals surface area contributed by atoms with Crippen LogP contribution >= 0.6 is 0 Å². The number of methoxy groups -OCH3 is 1. The number of hydrogen-bond acceptors (Lipinski definition) is 3. The first-order chi connectivity index (χ1) is 10.7. The zero-order valence-corrected chi connectivity index (χ0v) is 14.2. The van der Waals surface area contributed by atoms with E-state index in [1.165, 1.54) is 61.9 Å². The lowest BCUT2D eigenvalue weighted by atomic mass is 9.74. The van der Waals surface area contributed by atoms with Crippen LogP contribution in [0.1, 0.15) is 42.9 Å². The van der Waals surface area contributed by atoms with Crippen LogP contribution in [0.4, 0.5) is 0 Å². The second-order valence-electron chi connectivity index (χ2n) is 6.81. The summed E-state index contributed by atoms with van der Waals surface area (Å²) in [4.78, 5) is 2.73. The monoisotopic (exact) mass is 303 g/mol. The molecular weight excluding hydrogens is 274 g/mol. The lowest BCUT2D eigenvalue weighted by Gasteiger charge is -2.45. The Labute approximate surface area is 134 Å². The fourth-order valence-corrected chi connectivity index (χ4v) is 4.32. The molecule has 0 amide bonds. The Balaban J connectivity index is 1.87. The highest BCUT2D eigenvalue weighted by molar-refractivity contribution is 5.48. The van der Waals surface area contributed by atoms with Gasteiger partial charge in [0.1, 0.15) is 5.75 Å². The number of rotatable bonds is 5. The van der Waals surface area contributed by atoms with Gasteiger partial charge in [-0.2, -0.15) is 0 Å². The van der Waals surface area contributed by atoms with Gasteiger partial charge in [-0.1, -0.05) is 19.1 Å². The van der Waals surface area contributed by atoms with E-state index in [-0.39, 0.29) is 0 Å². The summed E-state index contributed by atoms with van der Waals surface area (Å²) in [5, 5.41) is 0. The summed E-state index contributed by atoms with van der Waals surface area (Å²) in [6.07, 6.45) is 6.31. The maximum atomic E-state index is 5.90. The number of fused-ring (bicyclic) bond motifs is 2. The minimum atomic E-state index is 0.341. The third-order valence-electron chi connectivity index (χ3n) is 5.32. The molecule has 0 bridgehead atoms. The van der Waals surface area contributed by atoms with E-state index in [1.54, 1.807) is 7.11 Å². The fraction of sp³-hybridized carbons (Fsp3) is 0.684. The number of benzene rings is 1. The SMILES string of the molecule is CCCN1CCC[C@@H]2Cc3c(ccc(C)c3OCOC)C[C@H]21. The Morgan fingerprint density at radius 3 is 2.91 bits per heavy atom. The summed E-state index contributed by atoms with van der Waals surface area (Å²) in [5.41, 5.74) is 4.16. The largest absolute Gasteiger partial charge is 0.467 e. The minimum absolute atomic E-state index is 0.341. The third-order valence-corrected chi connectivity index (χ3v) is 5.32. The Morgan fingerprint density at radius 1 is 1.27 bits per heavy atom. The average Bonchev–Trinajstić information content (AvgIpc) is 2.53. The second kappa shape index (κ2) is 7.01. The molecule has 3 nitrogen and oxygen atoms in total. The molecule has 122 valence electrons. The molecule has 0 unspecified atom stereocenters. The molecule has 1 heterocycles. The van der Waals surface area contributed by atoms with Crippen LogP contribution < -0.4 is 4.74 Å². The summed E-state index contributed by atoms with van der Waals surface area (Å²) in [6, 6.07) is 5.26. The van der Waals surface area contributed by atoms with Crippen LogP contribution in [0.15, 0.2) is 12.1 Å². The van der Waals surface area contributed by atoms with Crippen molar-refractivity contribution in [3.05, 3.63) is 28.8 Å². The van der Waals surface area contributed by atoms with Gasteiger partial charge < -0.3 is 9.47 Å². The second-order valence-corrected chi connectivity index (χ2v) is 6.81. The van der Waals surface area contributed by atoms with Gasteiger partial charge in [0.05, 0.1) is 0 Å². The molecule has 0 radical (unpaired) electrons. The van der Waals surface area contributed by atoms with Gasteiger partial charge in [-0.05, 0) is 74.7 Å². The van der Waals surface area contributed by atoms with E-state index in [4.69, 9.17) is 9.47 Å². The Hall–Kier alpha value is -1.06.